The zero-order valence-electron chi connectivity index (χ0n) is 17.0. The minimum Gasteiger partial charge on any atom is -0.497 e. The van der Waals surface area contributed by atoms with Gasteiger partial charge >= 0.3 is 5.97 Å². The molecule has 0 bridgehead atoms. The zero-order valence-corrected chi connectivity index (χ0v) is 17.0. The van der Waals surface area contributed by atoms with E-state index in [4.69, 9.17) is 9.47 Å². The van der Waals surface area contributed by atoms with Crippen LogP contribution in [0.1, 0.15) is 18.1 Å². The lowest BCUT2D eigenvalue weighted by molar-refractivity contribution is -0.152. The maximum Gasteiger partial charge on any atom is 0.310 e. The number of halogens is 1. The summed E-state index contributed by atoms with van der Waals surface area (Å²) in [4.78, 5) is 37.6. The second kappa shape index (κ2) is 11.5. The third-order valence-corrected chi connectivity index (χ3v) is 4.34. The summed E-state index contributed by atoms with van der Waals surface area (Å²) in [5, 5.41) is 2.67. The first-order valence-corrected chi connectivity index (χ1v) is 9.48. The molecule has 0 aliphatic heterocycles. The average molecular weight is 416 g/mol. The Labute approximate surface area is 174 Å². The Morgan fingerprint density at radius 3 is 2.23 bits per heavy atom. The highest BCUT2D eigenvalue weighted by Crippen LogP contribution is 2.12. The van der Waals surface area contributed by atoms with Gasteiger partial charge in [-0.15, -0.1) is 0 Å². The first kappa shape index (κ1) is 22.9. The maximum atomic E-state index is 12.9. The van der Waals surface area contributed by atoms with Crippen molar-refractivity contribution in [2.75, 3.05) is 26.8 Å². The second-order valence-electron chi connectivity index (χ2n) is 6.50. The average Bonchev–Trinajstić information content (AvgIpc) is 2.76. The SMILES string of the molecule is CCN(CC(=O)NCc1ccc(F)cc1)C(=O)COC(=O)Cc1ccc(OC)cc1. The molecule has 160 valence electrons. The molecule has 0 spiro atoms. The van der Waals surface area contributed by atoms with Gasteiger partial charge in [0.15, 0.2) is 6.61 Å². The van der Waals surface area contributed by atoms with Crippen molar-refractivity contribution in [2.45, 2.75) is 19.9 Å². The zero-order chi connectivity index (χ0) is 21.9. The molecule has 2 aromatic rings. The fourth-order valence-corrected chi connectivity index (χ4v) is 2.60. The number of hydrogen-bond acceptors (Lipinski definition) is 5. The number of benzene rings is 2. The van der Waals surface area contributed by atoms with Crippen LogP contribution in [-0.2, 0) is 32.1 Å². The van der Waals surface area contributed by atoms with E-state index in [2.05, 4.69) is 5.32 Å². The molecule has 0 aliphatic rings. The minimum absolute atomic E-state index is 0.0293. The molecule has 2 rings (SSSR count). The number of amides is 2. The van der Waals surface area contributed by atoms with E-state index in [0.29, 0.717) is 12.3 Å². The van der Waals surface area contributed by atoms with Gasteiger partial charge in [0.1, 0.15) is 11.6 Å². The van der Waals surface area contributed by atoms with Crippen LogP contribution in [0, 0.1) is 5.82 Å². The third-order valence-electron chi connectivity index (χ3n) is 4.34. The standard InChI is InChI=1S/C22H25FN2O5/c1-3-25(14-20(26)24-13-17-4-8-18(23)9-5-17)21(27)15-30-22(28)12-16-6-10-19(29-2)11-7-16/h4-11H,3,12-15H2,1-2H3,(H,24,26). The molecule has 0 aromatic heterocycles. The number of carbonyl (C=O) groups is 3. The van der Waals surface area contributed by atoms with Crippen LogP contribution in [0.25, 0.3) is 0 Å². The largest absolute Gasteiger partial charge is 0.497 e. The lowest BCUT2D eigenvalue weighted by Crippen LogP contribution is -2.42. The molecular formula is C22H25FN2O5. The van der Waals surface area contributed by atoms with Crippen molar-refractivity contribution in [1.82, 2.24) is 10.2 Å². The summed E-state index contributed by atoms with van der Waals surface area (Å²) < 4.78 is 23.0. The summed E-state index contributed by atoms with van der Waals surface area (Å²) >= 11 is 0. The number of likely N-dealkylation sites (N-methyl/N-ethyl adjacent to an activating group) is 1. The van der Waals surface area contributed by atoms with Crippen molar-refractivity contribution in [3.8, 4) is 5.75 Å². The highest BCUT2D eigenvalue weighted by Gasteiger charge is 2.17. The summed E-state index contributed by atoms with van der Waals surface area (Å²) in [6, 6.07) is 12.7. The summed E-state index contributed by atoms with van der Waals surface area (Å²) in [6.45, 7) is 1.64. The maximum absolute atomic E-state index is 12.9. The van der Waals surface area contributed by atoms with E-state index < -0.39 is 18.5 Å². The summed E-state index contributed by atoms with van der Waals surface area (Å²) in [6.07, 6.45) is 0.0293. The van der Waals surface area contributed by atoms with Gasteiger partial charge in [-0.2, -0.15) is 0 Å². The topological polar surface area (TPSA) is 84.9 Å². The monoisotopic (exact) mass is 416 g/mol. The molecular weight excluding hydrogens is 391 g/mol. The fourth-order valence-electron chi connectivity index (χ4n) is 2.60. The van der Waals surface area contributed by atoms with E-state index in [1.54, 1.807) is 50.4 Å². The van der Waals surface area contributed by atoms with Gasteiger partial charge in [-0.1, -0.05) is 24.3 Å². The molecule has 1 N–H and O–H groups in total. The number of nitrogens with one attached hydrogen (secondary N) is 1. The molecule has 0 unspecified atom stereocenters. The van der Waals surface area contributed by atoms with Gasteiger partial charge in [0.2, 0.25) is 5.91 Å². The number of carbonyl (C=O) groups excluding carboxylic acids is 3. The Morgan fingerprint density at radius 1 is 1.00 bits per heavy atom. The van der Waals surface area contributed by atoms with Gasteiger partial charge in [0.25, 0.3) is 5.91 Å². The minimum atomic E-state index is -0.537. The summed E-state index contributed by atoms with van der Waals surface area (Å²) in [5.41, 5.74) is 1.48. The number of nitrogens with zero attached hydrogens (tertiary/aromatic N) is 1. The van der Waals surface area contributed by atoms with Crippen LogP contribution in [0.3, 0.4) is 0 Å². The molecule has 8 heteroatoms. The van der Waals surface area contributed by atoms with Crippen LogP contribution >= 0.6 is 0 Å². The first-order chi connectivity index (χ1) is 14.4. The van der Waals surface area contributed by atoms with Gasteiger partial charge in [0.05, 0.1) is 20.1 Å². The van der Waals surface area contributed by atoms with E-state index in [1.165, 1.54) is 17.0 Å². The number of ether oxygens (including phenoxy) is 2. The summed E-state index contributed by atoms with van der Waals surface area (Å²) in [5.74, 6) is -1.03. The molecule has 0 fully saturated rings. The third kappa shape index (κ3) is 7.54. The van der Waals surface area contributed by atoms with E-state index >= 15 is 0 Å². The Hall–Kier alpha value is -3.42. The predicted octanol–water partition coefficient (Wildman–Crippen LogP) is 2.08. The van der Waals surface area contributed by atoms with Crippen LogP contribution in [0.15, 0.2) is 48.5 Å². The van der Waals surface area contributed by atoms with Crippen LogP contribution in [0.4, 0.5) is 4.39 Å². The van der Waals surface area contributed by atoms with Crippen molar-refractivity contribution < 1.29 is 28.2 Å². The van der Waals surface area contributed by atoms with Crippen LogP contribution < -0.4 is 10.1 Å². The Balaban J connectivity index is 1.75. The van der Waals surface area contributed by atoms with Crippen LogP contribution in [0.2, 0.25) is 0 Å². The normalized spacial score (nSPS) is 10.2. The highest BCUT2D eigenvalue weighted by molar-refractivity contribution is 5.86. The smallest absolute Gasteiger partial charge is 0.310 e. The highest BCUT2D eigenvalue weighted by atomic mass is 19.1. The van der Waals surface area contributed by atoms with Crippen molar-refractivity contribution in [3.05, 3.63) is 65.5 Å². The van der Waals surface area contributed by atoms with Crippen molar-refractivity contribution >= 4 is 17.8 Å². The van der Waals surface area contributed by atoms with Crippen molar-refractivity contribution in [2.24, 2.45) is 0 Å². The Morgan fingerprint density at radius 2 is 1.63 bits per heavy atom. The molecule has 0 saturated heterocycles. The van der Waals surface area contributed by atoms with Gasteiger partial charge in [-0.05, 0) is 42.3 Å². The summed E-state index contributed by atoms with van der Waals surface area (Å²) in [7, 11) is 1.55. The lowest BCUT2D eigenvalue weighted by atomic mass is 10.1. The molecule has 7 nitrogen and oxygen atoms in total. The number of rotatable bonds is 10. The van der Waals surface area contributed by atoms with Gasteiger partial charge in [-0.3, -0.25) is 14.4 Å². The molecule has 2 amide bonds. The molecule has 0 aliphatic carbocycles. The molecule has 0 heterocycles. The molecule has 30 heavy (non-hydrogen) atoms. The Kier molecular flexibility index (Phi) is 8.80. The van der Waals surface area contributed by atoms with Gasteiger partial charge < -0.3 is 19.7 Å². The quantitative estimate of drug-likeness (QED) is 0.600. The number of methoxy groups -OCH3 is 1. The fraction of sp³-hybridized carbons (Fsp3) is 0.318. The Bertz CT molecular complexity index is 853. The lowest BCUT2D eigenvalue weighted by Gasteiger charge is -2.20. The van der Waals surface area contributed by atoms with Gasteiger partial charge in [0, 0.05) is 13.1 Å². The second-order valence-corrected chi connectivity index (χ2v) is 6.50. The van der Waals surface area contributed by atoms with E-state index in [1.807, 2.05) is 0 Å². The van der Waals surface area contributed by atoms with Crippen LogP contribution in [-0.4, -0.2) is 49.5 Å². The molecule has 0 saturated carbocycles. The number of esters is 1. The number of hydrogen-bond donors (Lipinski definition) is 1. The molecule has 0 radical (unpaired) electrons. The molecule has 0 atom stereocenters. The van der Waals surface area contributed by atoms with Crippen molar-refractivity contribution in [1.29, 1.82) is 0 Å². The van der Waals surface area contributed by atoms with Gasteiger partial charge in [-0.25, -0.2) is 4.39 Å². The van der Waals surface area contributed by atoms with E-state index in [0.717, 1.165) is 11.1 Å². The first-order valence-electron chi connectivity index (χ1n) is 9.48. The van der Waals surface area contributed by atoms with E-state index in [9.17, 15) is 18.8 Å². The van der Waals surface area contributed by atoms with Crippen LogP contribution in [0.5, 0.6) is 5.75 Å². The molecule has 2 aromatic carbocycles. The van der Waals surface area contributed by atoms with Crippen molar-refractivity contribution in [3.63, 3.8) is 0 Å². The predicted molar refractivity (Wildman–Crippen MR) is 108 cm³/mol. The van der Waals surface area contributed by atoms with E-state index in [-0.39, 0.29) is 31.2 Å².